The first-order valence-electron chi connectivity index (χ1n) is 20.6. The summed E-state index contributed by atoms with van der Waals surface area (Å²) in [6, 6.07) is 46.9. The molecule has 60 heavy (non-hydrogen) atoms. The molecule has 0 N–H and O–H groups in total. The normalized spacial score (nSPS) is 20.4. The number of halogens is 3. The zero-order valence-corrected chi connectivity index (χ0v) is 33.5. The average molecular weight is 791 g/mol. The van der Waals surface area contributed by atoms with E-state index in [1.807, 2.05) is 38.1 Å². The fourth-order valence-corrected chi connectivity index (χ4v) is 10.8. The Balaban J connectivity index is 1.18. The van der Waals surface area contributed by atoms with Crippen LogP contribution in [0.1, 0.15) is 76.8 Å². The summed E-state index contributed by atoms with van der Waals surface area (Å²) in [5.74, 6) is 1.44. The minimum absolute atomic E-state index is 0.573. The van der Waals surface area contributed by atoms with Crippen molar-refractivity contribution in [3.63, 3.8) is 0 Å². The maximum atomic E-state index is 14.2. The molecule has 11 rings (SSSR count). The molecular formula is C55H41F3O2. The molecule has 1 heterocycles. The second-order valence-electron chi connectivity index (χ2n) is 16.9. The molecule has 4 aliphatic rings. The van der Waals surface area contributed by atoms with Crippen molar-refractivity contribution in [3.8, 4) is 33.8 Å². The third-order valence-electron chi connectivity index (χ3n) is 13.5. The number of rotatable bonds is 5. The maximum Gasteiger partial charge on any atom is 0.416 e. The lowest BCUT2D eigenvalue weighted by atomic mass is 9.65. The first-order chi connectivity index (χ1) is 29.1. The highest BCUT2D eigenvalue weighted by molar-refractivity contribution is 6.08. The number of fused-ring (bicyclic) bond motifs is 11. The average Bonchev–Trinajstić information content (AvgIpc) is 3.72. The Labute approximate surface area is 348 Å². The molecule has 2 atom stereocenters. The summed E-state index contributed by atoms with van der Waals surface area (Å²) >= 11 is 0. The van der Waals surface area contributed by atoms with Crippen LogP contribution in [0.3, 0.4) is 0 Å². The van der Waals surface area contributed by atoms with Crippen molar-refractivity contribution in [1.82, 2.24) is 0 Å². The van der Waals surface area contributed by atoms with Gasteiger partial charge in [0.25, 0.3) is 0 Å². The molecule has 0 saturated heterocycles. The number of benzene rings is 7. The van der Waals surface area contributed by atoms with Crippen molar-refractivity contribution >= 4 is 16.8 Å². The van der Waals surface area contributed by atoms with Gasteiger partial charge in [0.15, 0.2) is 5.60 Å². The van der Waals surface area contributed by atoms with Crippen LogP contribution in [-0.4, -0.2) is 7.11 Å². The highest BCUT2D eigenvalue weighted by Crippen LogP contribution is 2.61. The van der Waals surface area contributed by atoms with E-state index in [-0.39, 0.29) is 0 Å². The molecule has 0 amide bonds. The zero-order chi connectivity index (χ0) is 41.0. The predicted octanol–water partition coefficient (Wildman–Crippen LogP) is 14.1. The number of hydrogen-bond donors (Lipinski definition) is 0. The van der Waals surface area contributed by atoms with Gasteiger partial charge in [-0.1, -0.05) is 147 Å². The molecule has 0 fully saturated rings. The number of hydrogen-bond acceptors (Lipinski definition) is 2. The van der Waals surface area contributed by atoms with E-state index in [0.717, 1.165) is 62.7 Å². The van der Waals surface area contributed by atoms with Gasteiger partial charge >= 0.3 is 6.18 Å². The largest absolute Gasteiger partial charge is 0.497 e. The van der Waals surface area contributed by atoms with Crippen LogP contribution in [-0.2, 0) is 22.6 Å². The number of ether oxygens (including phenoxy) is 2. The van der Waals surface area contributed by atoms with E-state index in [2.05, 4.69) is 127 Å². The maximum absolute atomic E-state index is 14.2. The topological polar surface area (TPSA) is 18.5 Å². The summed E-state index contributed by atoms with van der Waals surface area (Å²) < 4.78 is 55.9. The van der Waals surface area contributed by atoms with Gasteiger partial charge in [0.2, 0.25) is 0 Å². The lowest BCUT2D eigenvalue weighted by Gasteiger charge is -2.40. The van der Waals surface area contributed by atoms with E-state index in [0.29, 0.717) is 11.3 Å². The zero-order valence-electron chi connectivity index (χ0n) is 33.5. The monoisotopic (exact) mass is 790 g/mol. The molecule has 0 aromatic heterocycles. The van der Waals surface area contributed by atoms with E-state index in [1.54, 1.807) is 13.2 Å². The third kappa shape index (κ3) is 4.95. The quantitative estimate of drug-likeness (QED) is 0.173. The second-order valence-corrected chi connectivity index (χ2v) is 16.9. The van der Waals surface area contributed by atoms with Gasteiger partial charge in [-0.2, -0.15) is 13.2 Å². The van der Waals surface area contributed by atoms with Gasteiger partial charge in [-0.05, 0) is 110 Å². The van der Waals surface area contributed by atoms with Crippen LogP contribution in [0.2, 0.25) is 0 Å². The summed E-state index contributed by atoms with van der Waals surface area (Å²) in [6.07, 6.45) is 8.83. The van der Waals surface area contributed by atoms with Gasteiger partial charge < -0.3 is 9.47 Å². The molecule has 7 aromatic rings. The van der Waals surface area contributed by atoms with Crippen LogP contribution >= 0.6 is 0 Å². The van der Waals surface area contributed by atoms with Crippen molar-refractivity contribution in [3.05, 3.63) is 219 Å². The Hall–Kier alpha value is -6.59. The van der Waals surface area contributed by atoms with Crippen LogP contribution < -0.4 is 9.47 Å². The molecule has 7 aromatic carbocycles. The minimum Gasteiger partial charge on any atom is -0.497 e. The Kier molecular flexibility index (Phi) is 7.88. The number of alkyl halides is 3. The van der Waals surface area contributed by atoms with Crippen molar-refractivity contribution in [2.24, 2.45) is 0 Å². The van der Waals surface area contributed by atoms with Crippen molar-refractivity contribution in [2.45, 2.75) is 49.3 Å². The number of methoxy groups -OCH3 is 1. The SMILES string of the molecule is COc1ccc(C2(c3ccc4c(c3)C(C3=CCCC=C3)(c3ccccc3)c3ccccc3-4)C=Cc3c4c(c5ccccc5c3O2)-c2ccc(C(F)(F)F)cc2C4(C)C)cc1. The smallest absolute Gasteiger partial charge is 0.416 e. The second kappa shape index (κ2) is 13.0. The van der Waals surface area contributed by atoms with E-state index in [1.165, 1.54) is 45.5 Å². The standard InChI is InChI=1S/C55H41F3O2/c1-52(2)47-33-38(55(56,57)58)25-29-44(47)49-42-19-10-11-20-43(42)51-45(50(49)52)30-31-53(60-51,34-22-26-39(59-3)27-23-34)37-24-28-41-40-18-12-13-21-46(40)54(48(41)32-37,35-14-6-4-7-15-35)36-16-8-5-9-17-36/h4,6-8,10-33H,5,9H2,1-3H3. The summed E-state index contributed by atoms with van der Waals surface area (Å²) in [7, 11) is 1.66. The molecule has 5 heteroatoms. The van der Waals surface area contributed by atoms with Gasteiger partial charge in [-0.25, -0.2) is 0 Å². The Morgan fingerprint density at radius 2 is 1.32 bits per heavy atom. The molecule has 3 aliphatic carbocycles. The van der Waals surface area contributed by atoms with E-state index < -0.39 is 28.2 Å². The molecule has 0 spiro atoms. The Morgan fingerprint density at radius 1 is 0.617 bits per heavy atom. The lowest BCUT2D eigenvalue weighted by molar-refractivity contribution is -0.137. The van der Waals surface area contributed by atoms with E-state index in [4.69, 9.17) is 9.47 Å². The van der Waals surface area contributed by atoms with Crippen LogP contribution in [0.25, 0.3) is 39.1 Å². The number of allylic oxidation sites excluding steroid dienone is 4. The molecular weight excluding hydrogens is 750 g/mol. The molecule has 1 aliphatic heterocycles. The fraction of sp³-hybridized carbons (Fsp3) is 0.164. The van der Waals surface area contributed by atoms with Gasteiger partial charge in [0.05, 0.1) is 18.1 Å². The summed E-state index contributed by atoms with van der Waals surface area (Å²) in [6.45, 7) is 4.06. The molecule has 0 bridgehead atoms. The molecule has 0 radical (unpaired) electrons. The summed E-state index contributed by atoms with van der Waals surface area (Å²) in [5.41, 5.74) is 10.4. The Bertz CT molecular complexity index is 3010. The minimum atomic E-state index is -4.46. The fourth-order valence-electron chi connectivity index (χ4n) is 10.8. The van der Waals surface area contributed by atoms with Gasteiger partial charge in [-0.3, -0.25) is 0 Å². The highest BCUT2D eigenvalue weighted by Gasteiger charge is 2.50. The van der Waals surface area contributed by atoms with Gasteiger partial charge in [-0.15, -0.1) is 0 Å². The van der Waals surface area contributed by atoms with E-state index >= 15 is 0 Å². The van der Waals surface area contributed by atoms with E-state index in [9.17, 15) is 13.2 Å². The van der Waals surface area contributed by atoms with Crippen LogP contribution in [0.5, 0.6) is 11.5 Å². The first kappa shape index (κ1) is 36.5. The molecule has 2 unspecified atom stereocenters. The van der Waals surface area contributed by atoms with Crippen molar-refractivity contribution in [2.75, 3.05) is 7.11 Å². The van der Waals surface area contributed by atoms with Crippen molar-refractivity contribution in [1.29, 1.82) is 0 Å². The van der Waals surface area contributed by atoms with Crippen LogP contribution in [0, 0.1) is 0 Å². The van der Waals surface area contributed by atoms with Crippen molar-refractivity contribution < 1.29 is 22.6 Å². The lowest BCUT2D eigenvalue weighted by Crippen LogP contribution is -2.36. The third-order valence-corrected chi connectivity index (χ3v) is 13.5. The summed E-state index contributed by atoms with van der Waals surface area (Å²) in [4.78, 5) is 0. The highest BCUT2D eigenvalue weighted by atomic mass is 19.4. The summed E-state index contributed by atoms with van der Waals surface area (Å²) in [5, 5.41) is 1.85. The Morgan fingerprint density at radius 3 is 2.07 bits per heavy atom. The van der Waals surface area contributed by atoms with Gasteiger partial charge in [0, 0.05) is 27.5 Å². The predicted molar refractivity (Wildman–Crippen MR) is 235 cm³/mol. The van der Waals surface area contributed by atoms with Crippen LogP contribution in [0.4, 0.5) is 13.2 Å². The van der Waals surface area contributed by atoms with Gasteiger partial charge in [0.1, 0.15) is 11.5 Å². The van der Waals surface area contributed by atoms with Crippen LogP contribution in [0.15, 0.2) is 169 Å². The molecule has 294 valence electrons. The molecule has 0 saturated carbocycles. The first-order valence-corrected chi connectivity index (χ1v) is 20.6. The molecule has 2 nitrogen and oxygen atoms in total.